The van der Waals surface area contributed by atoms with Crippen molar-refractivity contribution in [3.05, 3.63) is 48.5 Å². The Labute approximate surface area is 351 Å². The van der Waals surface area contributed by atoms with Crippen molar-refractivity contribution < 1.29 is 19.7 Å². The van der Waals surface area contributed by atoms with Crippen LogP contribution in [0.4, 0.5) is 22.7 Å². The molecule has 7 heteroatoms. The number of unbranched alkanes of at least 4 members (excludes halogenated alkanes) is 26. The van der Waals surface area contributed by atoms with Gasteiger partial charge in [-0.3, -0.25) is 0 Å². The normalized spacial score (nSPS) is 12.5. The van der Waals surface area contributed by atoms with E-state index in [1.165, 1.54) is 167 Å². The van der Waals surface area contributed by atoms with Crippen molar-refractivity contribution in [1.29, 1.82) is 0 Å². The highest BCUT2D eigenvalue weighted by Gasteiger charge is 2.11. The Kier molecular flexibility index (Phi) is 33.8. The first-order valence-electron chi connectivity index (χ1n) is 24.1. The summed E-state index contributed by atoms with van der Waals surface area (Å²) in [7, 11) is 0. The van der Waals surface area contributed by atoms with Crippen LogP contribution in [-0.4, -0.2) is 61.9 Å². The molecule has 0 amide bonds. The van der Waals surface area contributed by atoms with E-state index in [2.05, 4.69) is 29.8 Å². The molecule has 2 atom stereocenters. The molecule has 2 aromatic rings. The molecular weight excluding hydrogens is 707 g/mol. The molecular formula is C50H89N3O4. The van der Waals surface area contributed by atoms with Crippen molar-refractivity contribution in [3.8, 4) is 0 Å². The van der Waals surface area contributed by atoms with Gasteiger partial charge < -0.3 is 35.6 Å². The molecule has 2 aromatic carbocycles. The van der Waals surface area contributed by atoms with Crippen molar-refractivity contribution in [1.82, 2.24) is 0 Å². The number of aliphatic hydroxyl groups is 2. The molecule has 0 aromatic heterocycles. The van der Waals surface area contributed by atoms with Crippen LogP contribution in [0, 0.1) is 0 Å². The molecule has 57 heavy (non-hydrogen) atoms. The minimum Gasteiger partial charge on any atom is -0.389 e. The Morgan fingerprint density at radius 1 is 0.421 bits per heavy atom. The van der Waals surface area contributed by atoms with Crippen LogP contribution in [0.25, 0.3) is 0 Å². The average Bonchev–Trinajstić information content (AvgIpc) is 3.22. The van der Waals surface area contributed by atoms with Gasteiger partial charge in [0.05, 0.1) is 36.8 Å². The highest BCUT2D eigenvalue weighted by molar-refractivity contribution is 5.76. The number of nitrogens with one attached hydrogen (secondary N) is 3. The van der Waals surface area contributed by atoms with Gasteiger partial charge in [-0.25, -0.2) is 0 Å². The molecule has 0 bridgehead atoms. The summed E-state index contributed by atoms with van der Waals surface area (Å²) >= 11 is 0. The third-order valence-electron chi connectivity index (χ3n) is 11.0. The third-order valence-corrected chi connectivity index (χ3v) is 11.0. The Balaban J connectivity index is 1.58. The molecule has 0 aliphatic carbocycles. The lowest BCUT2D eigenvalue weighted by Crippen LogP contribution is -2.27. The molecule has 0 aliphatic heterocycles. The minimum atomic E-state index is -0.621. The first-order valence-corrected chi connectivity index (χ1v) is 24.1. The predicted molar refractivity (Wildman–Crippen MR) is 247 cm³/mol. The van der Waals surface area contributed by atoms with E-state index >= 15 is 0 Å². The zero-order chi connectivity index (χ0) is 40.7. The maximum Gasteiger partial charge on any atom is 0.0945 e. The van der Waals surface area contributed by atoms with Gasteiger partial charge in [-0.05, 0) is 43.2 Å². The summed E-state index contributed by atoms with van der Waals surface area (Å²) < 4.78 is 11.7. The van der Waals surface area contributed by atoms with Crippen LogP contribution in [0.3, 0.4) is 0 Å². The number of rotatable bonds is 42. The number of aliphatic hydroxyl groups excluding tert-OH is 2. The van der Waals surface area contributed by atoms with Gasteiger partial charge in [-0.1, -0.05) is 199 Å². The van der Waals surface area contributed by atoms with Crippen LogP contribution in [0.2, 0.25) is 0 Å². The van der Waals surface area contributed by atoms with E-state index in [4.69, 9.17) is 9.47 Å². The molecule has 0 radical (unpaired) electrons. The first kappa shape index (κ1) is 50.8. The molecule has 0 heterocycles. The van der Waals surface area contributed by atoms with Crippen molar-refractivity contribution in [2.24, 2.45) is 0 Å². The summed E-state index contributed by atoms with van der Waals surface area (Å²) in [4.78, 5) is 0. The molecule has 5 N–H and O–H groups in total. The Morgan fingerprint density at radius 3 is 1.19 bits per heavy atom. The van der Waals surface area contributed by atoms with Crippen LogP contribution in [-0.2, 0) is 9.47 Å². The second kappa shape index (κ2) is 37.9. The second-order valence-corrected chi connectivity index (χ2v) is 16.7. The van der Waals surface area contributed by atoms with Gasteiger partial charge in [0.15, 0.2) is 0 Å². The zero-order valence-electron chi connectivity index (χ0n) is 37.0. The van der Waals surface area contributed by atoms with Crippen LogP contribution < -0.4 is 16.0 Å². The van der Waals surface area contributed by atoms with Gasteiger partial charge >= 0.3 is 0 Å². The van der Waals surface area contributed by atoms with Crippen LogP contribution in [0.5, 0.6) is 0 Å². The Morgan fingerprint density at radius 2 is 0.789 bits per heavy atom. The molecule has 0 spiro atoms. The topological polar surface area (TPSA) is 95.0 Å². The van der Waals surface area contributed by atoms with Crippen LogP contribution >= 0.6 is 0 Å². The molecule has 2 unspecified atom stereocenters. The van der Waals surface area contributed by atoms with Crippen molar-refractivity contribution in [2.75, 3.05) is 55.5 Å². The summed E-state index contributed by atoms with van der Waals surface area (Å²) in [5.41, 5.74) is 3.68. The lowest BCUT2D eigenvalue weighted by atomic mass is 10.0. The predicted octanol–water partition coefficient (Wildman–Crippen LogP) is 14.0. The fourth-order valence-electron chi connectivity index (χ4n) is 7.42. The van der Waals surface area contributed by atoms with E-state index in [0.717, 1.165) is 35.6 Å². The summed E-state index contributed by atoms with van der Waals surface area (Å²) in [6, 6.07) is 16.2. The van der Waals surface area contributed by atoms with Crippen molar-refractivity contribution in [3.63, 3.8) is 0 Å². The smallest absolute Gasteiger partial charge is 0.0945 e. The molecule has 0 saturated carbocycles. The maximum absolute atomic E-state index is 10.7. The Bertz CT molecular complexity index is 1140. The van der Waals surface area contributed by atoms with E-state index in [1.54, 1.807) is 0 Å². The molecule has 0 fully saturated rings. The molecule has 7 nitrogen and oxygen atoms in total. The van der Waals surface area contributed by atoms with Gasteiger partial charge in [0.2, 0.25) is 0 Å². The first-order chi connectivity index (χ1) is 28.1. The lowest BCUT2D eigenvalue weighted by Gasteiger charge is -2.20. The minimum absolute atomic E-state index is 0.311. The number of hydrogen-bond donors (Lipinski definition) is 5. The highest BCUT2D eigenvalue weighted by Crippen LogP contribution is 2.28. The fourth-order valence-corrected chi connectivity index (χ4v) is 7.42. The standard InChI is InChI=1S/C50H89N3O4/c1-3-5-7-9-11-13-15-17-19-21-23-25-27-32-38-56-43-47(54)41-51-49-37-36-46(53-45-34-30-29-31-35-45)40-50(49)52-42-48(55)44-57-39-33-28-26-24-22-20-18-16-14-12-10-8-6-4-2/h29-31,34-37,40,47-48,51-55H,3-28,32-33,38-39,41-44H2,1-2H3. The second-order valence-electron chi connectivity index (χ2n) is 16.7. The quantitative estimate of drug-likeness (QED) is 0.0427. The Hall–Kier alpha value is -2.32. The van der Waals surface area contributed by atoms with Gasteiger partial charge in [0, 0.05) is 37.7 Å². The largest absolute Gasteiger partial charge is 0.389 e. The van der Waals surface area contributed by atoms with E-state index in [0.29, 0.717) is 39.5 Å². The van der Waals surface area contributed by atoms with E-state index in [1.807, 2.05) is 48.5 Å². The van der Waals surface area contributed by atoms with Gasteiger partial charge in [-0.2, -0.15) is 0 Å². The number of ether oxygens (including phenoxy) is 2. The molecule has 0 saturated heterocycles. The number of benzene rings is 2. The molecule has 328 valence electrons. The summed E-state index contributed by atoms with van der Waals surface area (Å²) in [6.07, 6.45) is 36.3. The summed E-state index contributed by atoms with van der Waals surface area (Å²) in [5.74, 6) is 0. The van der Waals surface area contributed by atoms with Gasteiger partial charge in [-0.15, -0.1) is 0 Å². The van der Waals surface area contributed by atoms with E-state index < -0.39 is 12.2 Å². The number of para-hydroxylation sites is 1. The fraction of sp³-hybridized carbons (Fsp3) is 0.760. The third kappa shape index (κ3) is 30.4. The SMILES string of the molecule is CCCCCCCCCCCCCCCCOCC(O)CNc1ccc(Nc2ccccc2)cc1NCC(O)COCCCCCCCCCCCCCCCC. The highest BCUT2D eigenvalue weighted by atomic mass is 16.5. The maximum atomic E-state index is 10.7. The van der Waals surface area contributed by atoms with Gasteiger partial charge in [0.1, 0.15) is 0 Å². The zero-order valence-corrected chi connectivity index (χ0v) is 37.0. The summed E-state index contributed by atoms with van der Waals surface area (Å²) in [5, 5.41) is 31.7. The molecule has 2 rings (SSSR count). The van der Waals surface area contributed by atoms with Crippen LogP contribution in [0.15, 0.2) is 48.5 Å². The van der Waals surface area contributed by atoms with E-state index in [-0.39, 0.29) is 0 Å². The van der Waals surface area contributed by atoms with E-state index in [9.17, 15) is 10.2 Å². The lowest BCUT2D eigenvalue weighted by molar-refractivity contribution is 0.0414. The number of hydrogen-bond acceptors (Lipinski definition) is 7. The monoisotopic (exact) mass is 796 g/mol. The number of anilines is 4. The molecule has 0 aliphatic rings. The summed E-state index contributed by atoms with van der Waals surface area (Å²) in [6.45, 7) is 7.33. The average molecular weight is 796 g/mol. The van der Waals surface area contributed by atoms with Crippen molar-refractivity contribution in [2.45, 2.75) is 206 Å². The van der Waals surface area contributed by atoms with Crippen LogP contribution in [0.1, 0.15) is 194 Å². The van der Waals surface area contributed by atoms with Crippen molar-refractivity contribution >= 4 is 22.7 Å². The van der Waals surface area contributed by atoms with Gasteiger partial charge in [0.25, 0.3) is 0 Å².